The molecule has 0 saturated carbocycles. The third-order valence-corrected chi connectivity index (χ3v) is 5.87. The Morgan fingerprint density at radius 2 is 1.35 bits per heavy atom. The van der Waals surface area contributed by atoms with Gasteiger partial charge in [-0.25, -0.2) is 0 Å². The predicted molar refractivity (Wildman–Crippen MR) is 119 cm³/mol. The Morgan fingerprint density at radius 3 is 2.00 bits per heavy atom. The summed E-state index contributed by atoms with van der Waals surface area (Å²) in [6.45, 7) is 1.76. The number of halogens is 1. The van der Waals surface area contributed by atoms with E-state index in [0.29, 0.717) is 33.1 Å². The minimum atomic E-state index is -0.319. The maximum atomic E-state index is 13.5. The van der Waals surface area contributed by atoms with E-state index in [4.69, 9.17) is 11.6 Å². The molecular weight excluding hydrogens is 410 g/mol. The lowest BCUT2D eigenvalue weighted by Gasteiger charge is -2.18. The number of aromatic nitrogens is 1. The second kappa shape index (κ2) is 7.18. The van der Waals surface area contributed by atoms with E-state index in [2.05, 4.69) is 0 Å². The van der Waals surface area contributed by atoms with Crippen molar-refractivity contribution in [3.63, 3.8) is 0 Å². The first-order valence-electron chi connectivity index (χ1n) is 9.78. The van der Waals surface area contributed by atoms with Gasteiger partial charge in [0, 0.05) is 33.1 Å². The fraction of sp³-hybridized carbons (Fsp3) is 0.0385. The number of hydrogen-bond donors (Lipinski definition) is 0. The summed E-state index contributed by atoms with van der Waals surface area (Å²) in [6, 6.07) is 22.5. The fourth-order valence-corrected chi connectivity index (χ4v) is 4.32. The van der Waals surface area contributed by atoms with Gasteiger partial charge in [0.05, 0.1) is 11.1 Å². The zero-order valence-corrected chi connectivity index (χ0v) is 17.3. The van der Waals surface area contributed by atoms with Crippen molar-refractivity contribution in [1.82, 2.24) is 4.57 Å². The van der Waals surface area contributed by atoms with Crippen LogP contribution >= 0.6 is 11.6 Å². The molecule has 0 saturated heterocycles. The van der Waals surface area contributed by atoms with Gasteiger partial charge in [0.1, 0.15) is 5.69 Å². The van der Waals surface area contributed by atoms with Crippen molar-refractivity contribution in [3.05, 3.63) is 123 Å². The third kappa shape index (κ3) is 2.87. The molecule has 0 unspecified atom stereocenters. The third-order valence-electron chi connectivity index (χ3n) is 5.61. The van der Waals surface area contributed by atoms with Gasteiger partial charge in [-0.05, 0) is 31.2 Å². The van der Waals surface area contributed by atoms with Crippen LogP contribution in [0.5, 0.6) is 0 Å². The van der Waals surface area contributed by atoms with E-state index in [1.54, 1.807) is 84.3 Å². The molecule has 31 heavy (non-hydrogen) atoms. The topological polar surface area (TPSA) is 56.1 Å². The normalized spacial score (nSPS) is 12.5. The van der Waals surface area contributed by atoms with Crippen molar-refractivity contribution in [2.75, 3.05) is 0 Å². The van der Waals surface area contributed by atoms with Gasteiger partial charge >= 0.3 is 0 Å². The standard InChI is InChI=1S/C26H16ClNO3/c1-15-21(24(29)16-7-3-2-4-8-16)22-23(28(15)18-13-11-17(27)12-14-18)26(31)20-10-6-5-9-19(20)25(22)30/h2-14H,1H3. The smallest absolute Gasteiger partial charge is 0.211 e. The van der Waals surface area contributed by atoms with Gasteiger partial charge in [0.2, 0.25) is 5.78 Å². The highest BCUT2D eigenvalue weighted by atomic mass is 35.5. The Labute approximate surface area is 183 Å². The van der Waals surface area contributed by atoms with Crippen molar-refractivity contribution in [3.8, 4) is 5.69 Å². The molecule has 4 aromatic rings. The first-order chi connectivity index (χ1) is 15.0. The molecule has 0 radical (unpaired) electrons. The van der Waals surface area contributed by atoms with Crippen LogP contribution in [-0.4, -0.2) is 21.9 Å². The number of benzene rings is 3. The number of rotatable bonds is 3. The summed E-state index contributed by atoms with van der Waals surface area (Å²) in [5, 5.41) is 0.552. The van der Waals surface area contributed by atoms with Crippen molar-refractivity contribution in [1.29, 1.82) is 0 Å². The van der Waals surface area contributed by atoms with Crippen LogP contribution in [0, 0.1) is 6.92 Å². The lowest BCUT2D eigenvalue weighted by Crippen LogP contribution is -2.23. The molecule has 5 rings (SSSR count). The van der Waals surface area contributed by atoms with E-state index in [1.807, 2.05) is 6.07 Å². The maximum absolute atomic E-state index is 13.5. The molecule has 0 atom stereocenters. The van der Waals surface area contributed by atoms with Crippen LogP contribution in [0.15, 0.2) is 78.9 Å². The monoisotopic (exact) mass is 425 g/mol. The average Bonchev–Trinajstić information content (AvgIpc) is 3.11. The molecule has 0 spiro atoms. The summed E-state index contributed by atoms with van der Waals surface area (Å²) in [6.07, 6.45) is 0. The first kappa shape index (κ1) is 19.2. The number of fused-ring (bicyclic) bond motifs is 2. The summed E-state index contributed by atoms with van der Waals surface area (Å²) < 4.78 is 1.69. The Hall–Kier alpha value is -3.76. The van der Waals surface area contributed by atoms with E-state index in [9.17, 15) is 14.4 Å². The second-order valence-electron chi connectivity index (χ2n) is 7.39. The van der Waals surface area contributed by atoms with Crippen molar-refractivity contribution < 1.29 is 14.4 Å². The average molecular weight is 426 g/mol. The number of ketones is 3. The molecule has 1 aliphatic carbocycles. The summed E-state index contributed by atoms with van der Waals surface area (Å²) in [5.74, 6) is -0.891. The van der Waals surface area contributed by atoms with Gasteiger partial charge < -0.3 is 4.57 Å². The van der Waals surface area contributed by atoms with Gasteiger partial charge in [-0.2, -0.15) is 0 Å². The van der Waals surface area contributed by atoms with Gasteiger partial charge in [-0.15, -0.1) is 0 Å². The molecule has 0 fully saturated rings. The van der Waals surface area contributed by atoms with Crippen LogP contribution in [0.4, 0.5) is 0 Å². The SMILES string of the molecule is Cc1c(C(=O)c2ccccc2)c2c(n1-c1ccc(Cl)cc1)C(=O)c1ccccc1C2=O. The van der Waals surface area contributed by atoms with Gasteiger partial charge in [0.25, 0.3) is 0 Å². The number of hydrogen-bond acceptors (Lipinski definition) is 3. The minimum Gasteiger partial charge on any atom is -0.310 e. The molecule has 150 valence electrons. The molecule has 4 nitrogen and oxygen atoms in total. The highest BCUT2D eigenvalue weighted by Gasteiger charge is 2.39. The summed E-state index contributed by atoms with van der Waals surface area (Å²) in [4.78, 5) is 40.6. The lowest BCUT2D eigenvalue weighted by atomic mass is 9.84. The van der Waals surface area contributed by atoms with Crippen LogP contribution in [0.2, 0.25) is 5.02 Å². The molecule has 1 aliphatic rings. The summed E-state index contributed by atoms with van der Waals surface area (Å²) >= 11 is 6.05. The van der Waals surface area contributed by atoms with Crippen LogP contribution in [0.1, 0.15) is 53.6 Å². The van der Waals surface area contributed by atoms with Crippen LogP contribution < -0.4 is 0 Å². The molecule has 0 N–H and O–H groups in total. The van der Waals surface area contributed by atoms with E-state index in [0.717, 1.165) is 0 Å². The van der Waals surface area contributed by atoms with Crippen molar-refractivity contribution >= 4 is 29.0 Å². The van der Waals surface area contributed by atoms with E-state index in [-0.39, 0.29) is 34.2 Å². The molecule has 1 aromatic heterocycles. The Kier molecular flexibility index (Phi) is 4.45. The zero-order chi connectivity index (χ0) is 21.7. The molecule has 0 bridgehead atoms. The van der Waals surface area contributed by atoms with Crippen LogP contribution in [0.3, 0.4) is 0 Å². The molecule has 5 heteroatoms. The van der Waals surface area contributed by atoms with Crippen molar-refractivity contribution in [2.45, 2.75) is 6.92 Å². The van der Waals surface area contributed by atoms with Gasteiger partial charge in [0.15, 0.2) is 11.6 Å². The summed E-state index contributed by atoms with van der Waals surface area (Å²) in [7, 11) is 0. The Balaban J connectivity index is 1.85. The van der Waals surface area contributed by atoms with Crippen LogP contribution in [-0.2, 0) is 0 Å². The quantitative estimate of drug-likeness (QED) is 0.361. The minimum absolute atomic E-state index is 0.157. The zero-order valence-electron chi connectivity index (χ0n) is 16.6. The lowest BCUT2D eigenvalue weighted by molar-refractivity contribution is 0.0970. The molecule has 1 heterocycles. The predicted octanol–water partition coefficient (Wildman–Crippen LogP) is 5.45. The molecule has 3 aromatic carbocycles. The highest BCUT2D eigenvalue weighted by Crippen LogP contribution is 2.36. The Morgan fingerprint density at radius 1 is 0.774 bits per heavy atom. The van der Waals surface area contributed by atoms with E-state index in [1.165, 1.54) is 0 Å². The Bertz CT molecular complexity index is 1380. The van der Waals surface area contributed by atoms with E-state index < -0.39 is 0 Å². The summed E-state index contributed by atoms with van der Waals surface area (Å²) in [5.41, 5.74) is 2.93. The fourth-order valence-electron chi connectivity index (χ4n) is 4.19. The molecular formula is C26H16ClNO3. The maximum Gasteiger partial charge on any atom is 0.211 e. The molecule has 0 aliphatic heterocycles. The first-order valence-corrected chi connectivity index (χ1v) is 10.2. The second-order valence-corrected chi connectivity index (χ2v) is 7.83. The largest absolute Gasteiger partial charge is 0.310 e. The van der Waals surface area contributed by atoms with Crippen LogP contribution in [0.25, 0.3) is 5.69 Å². The van der Waals surface area contributed by atoms with E-state index >= 15 is 0 Å². The number of carbonyl (C=O) groups excluding carboxylic acids is 3. The van der Waals surface area contributed by atoms with Crippen molar-refractivity contribution in [2.24, 2.45) is 0 Å². The highest BCUT2D eigenvalue weighted by molar-refractivity contribution is 6.32. The number of nitrogens with zero attached hydrogens (tertiary/aromatic N) is 1. The molecule has 0 amide bonds. The van der Waals surface area contributed by atoms with Gasteiger partial charge in [-0.1, -0.05) is 66.2 Å². The number of carbonyl (C=O) groups is 3. The van der Waals surface area contributed by atoms with Gasteiger partial charge in [-0.3, -0.25) is 14.4 Å².